The SMILES string of the molecule is Cc1ccc(C)c(CN[C@H](C)c2ccccc2Br)c1. The molecule has 0 spiro atoms. The van der Waals surface area contributed by atoms with Gasteiger partial charge >= 0.3 is 0 Å². The summed E-state index contributed by atoms with van der Waals surface area (Å²) in [6.45, 7) is 7.40. The molecular weight excluding hydrogens is 298 g/mol. The lowest BCUT2D eigenvalue weighted by Gasteiger charge is -2.17. The monoisotopic (exact) mass is 317 g/mol. The number of nitrogens with one attached hydrogen (secondary N) is 1. The summed E-state index contributed by atoms with van der Waals surface area (Å²) in [4.78, 5) is 0. The first-order chi connectivity index (χ1) is 9.08. The summed E-state index contributed by atoms with van der Waals surface area (Å²) >= 11 is 3.61. The number of halogens is 1. The van der Waals surface area contributed by atoms with Gasteiger partial charge in [0, 0.05) is 17.1 Å². The molecule has 0 aliphatic heterocycles. The summed E-state index contributed by atoms with van der Waals surface area (Å²) in [6.07, 6.45) is 0. The Hall–Kier alpha value is -1.12. The summed E-state index contributed by atoms with van der Waals surface area (Å²) in [5, 5.41) is 3.59. The van der Waals surface area contributed by atoms with Crippen molar-refractivity contribution in [3.63, 3.8) is 0 Å². The Balaban J connectivity index is 2.06. The molecule has 2 aromatic rings. The maximum atomic E-state index is 3.61. The Morgan fingerprint density at radius 1 is 1.11 bits per heavy atom. The second-order valence-electron chi connectivity index (χ2n) is 5.05. The fraction of sp³-hybridized carbons (Fsp3) is 0.294. The van der Waals surface area contributed by atoms with Crippen LogP contribution in [0.15, 0.2) is 46.9 Å². The molecule has 1 atom stereocenters. The van der Waals surface area contributed by atoms with Gasteiger partial charge in [-0.2, -0.15) is 0 Å². The number of aryl methyl sites for hydroxylation is 2. The molecule has 2 rings (SSSR count). The van der Waals surface area contributed by atoms with Crippen LogP contribution in [0, 0.1) is 13.8 Å². The normalized spacial score (nSPS) is 12.4. The van der Waals surface area contributed by atoms with Gasteiger partial charge in [-0.1, -0.05) is 57.9 Å². The van der Waals surface area contributed by atoms with E-state index >= 15 is 0 Å². The van der Waals surface area contributed by atoms with Gasteiger partial charge in [-0.3, -0.25) is 0 Å². The Morgan fingerprint density at radius 3 is 2.58 bits per heavy atom. The summed E-state index contributed by atoms with van der Waals surface area (Å²) in [7, 11) is 0. The van der Waals surface area contributed by atoms with E-state index in [9.17, 15) is 0 Å². The van der Waals surface area contributed by atoms with E-state index in [1.54, 1.807) is 0 Å². The second-order valence-corrected chi connectivity index (χ2v) is 5.91. The van der Waals surface area contributed by atoms with Crippen LogP contribution in [0.1, 0.15) is 35.2 Å². The van der Waals surface area contributed by atoms with E-state index in [2.05, 4.69) is 78.4 Å². The predicted molar refractivity (Wildman–Crippen MR) is 85.3 cm³/mol. The Kier molecular flexibility index (Phi) is 4.78. The lowest BCUT2D eigenvalue weighted by atomic mass is 10.0. The molecule has 1 N–H and O–H groups in total. The van der Waals surface area contributed by atoms with Crippen LogP contribution in [0.25, 0.3) is 0 Å². The van der Waals surface area contributed by atoms with Gasteiger partial charge in [0.1, 0.15) is 0 Å². The molecule has 0 aromatic heterocycles. The lowest BCUT2D eigenvalue weighted by Crippen LogP contribution is -2.19. The van der Waals surface area contributed by atoms with Gasteiger partial charge in [-0.25, -0.2) is 0 Å². The van der Waals surface area contributed by atoms with Crippen molar-refractivity contribution in [2.45, 2.75) is 33.4 Å². The molecule has 2 heteroatoms. The fourth-order valence-electron chi connectivity index (χ4n) is 2.19. The maximum absolute atomic E-state index is 3.61. The van der Waals surface area contributed by atoms with E-state index in [-0.39, 0.29) is 0 Å². The molecule has 0 aliphatic rings. The van der Waals surface area contributed by atoms with Crippen molar-refractivity contribution < 1.29 is 0 Å². The number of benzene rings is 2. The van der Waals surface area contributed by atoms with Crippen molar-refractivity contribution in [1.82, 2.24) is 5.32 Å². The van der Waals surface area contributed by atoms with Crippen molar-refractivity contribution in [2.24, 2.45) is 0 Å². The standard InChI is InChI=1S/C17H20BrN/c1-12-8-9-13(2)15(10-12)11-19-14(3)16-6-4-5-7-17(16)18/h4-10,14,19H,11H2,1-3H3/t14-/m1/s1. The van der Waals surface area contributed by atoms with Gasteiger partial charge in [0.25, 0.3) is 0 Å². The van der Waals surface area contributed by atoms with E-state index in [1.807, 2.05) is 6.07 Å². The zero-order chi connectivity index (χ0) is 13.8. The molecule has 0 saturated carbocycles. The lowest BCUT2D eigenvalue weighted by molar-refractivity contribution is 0.571. The molecule has 0 heterocycles. The van der Waals surface area contributed by atoms with Gasteiger partial charge in [-0.05, 0) is 43.5 Å². The quantitative estimate of drug-likeness (QED) is 0.844. The van der Waals surface area contributed by atoms with Gasteiger partial charge in [-0.15, -0.1) is 0 Å². The molecule has 19 heavy (non-hydrogen) atoms. The first-order valence-corrected chi connectivity index (χ1v) is 7.41. The Bertz CT molecular complexity index is 563. The molecule has 100 valence electrons. The third kappa shape index (κ3) is 3.68. The number of hydrogen-bond donors (Lipinski definition) is 1. The van der Waals surface area contributed by atoms with E-state index in [0.29, 0.717) is 6.04 Å². The third-order valence-corrected chi connectivity index (χ3v) is 4.20. The average Bonchev–Trinajstić information content (AvgIpc) is 2.40. The van der Waals surface area contributed by atoms with Gasteiger partial charge in [0.15, 0.2) is 0 Å². The van der Waals surface area contributed by atoms with E-state index in [4.69, 9.17) is 0 Å². The molecule has 2 aromatic carbocycles. The van der Waals surface area contributed by atoms with Crippen LogP contribution in [0.5, 0.6) is 0 Å². The number of rotatable bonds is 4. The van der Waals surface area contributed by atoms with Crippen molar-refractivity contribution >= 4 is 15.9 Å². The number of hydrogen-bond acceptors (Lipinski definition) is 1. The van der Waals surface area contributed by atoms with Gasteiger partial charge < -0.3 is 5.32 Å². The predicted octanol–water partition coefficient (Wildman–Crippen LogP) is 4.92. The minimum absolute atomic E-state index is 0.329. The van der Waals surface area contributed by atoms with Crippen LogP contribution >= 0.6 is 15.9 Å². The second kappa shape index (κ2) is 6.36. The van der Waals surface area contributed by atoms with Crippen LogP contribution in [0.4, 0.5) is 0 Å². The summed E-state index contributed by atoms with van der Waals surface area (Å²) in [6, 6.07) is 15.3. The maximum Gasteiger partial charge on any atom is 0.0306 e. The van der Waals surface area contributed by atoms with Gasteiger partial charge in [0.2, 0.25) is 0 Å². The van der Waals surface area contributed by atoms with Crippen LogP contribution in [-0.4, -0.2) is 0 Å². The zero-order valence-corrected chi connectivity index (χ0v) is 13.3. The van der Waals surface area contributed by atoms with E-state index in [1.165, 1.54) is 22.3 Å². The summed E-state index contributed by atoms with van der Waals surface area (Å²) in [5.74, 6) is 0. The van der Waals surface area contributed by atoms with Crippen molar-refractivity contribution in [3.8, 4) is 0 Å². The van der Waals surface area contributed by atoms with Crippen molar-refractivity contribution in [1.29, 1.82) is 0 Å². The third-order valence-electron chi connectivity index (χ3n) is 3.48. The molecule has 0 saturated heterocycles. The Labute approximate surface area is 124 Å². The molecule has 0 fully saturated rings. The highest BCUT2D eigenvalue weighted by Gasteiger charge is 2.08. The van der Waals surface area contributed by atoms with Crippen LogP contribution in [0.3, 0.4) is 0 Å². The molecule has 0 unspecified atom stereocenters. The molecule has 0 bridgehead atoms. The highest BCUT2D eigenvalue weighted by molar-refractivity contribution is 9.10. The molecule has 1 nitrogen and oxygen atoms in total. The summed E-state index contributed by atoms with van der Waals surface area (Å²) in [5.41, 5.74) is 5.33. The van der Waals surface area contributed by atoms with Crippen molar-refractivity contribution in [3.05, 3.63) is 69.2 Å². The van der Waals surface area contributed by atoms with Gasteiger partial charge in [0.05, 0.1) is 0 Å². The topological polar surface area (TPSA) is 12.0 Å². The molecule has 0 radical (unpaired) electrons. The molecular formula is C17H20BrN. The molecule has 0 amide bonds. The molecule has 0 aliphatic carbocycles. The minimum atomic E-state index is 0.329. The van der Waals surface area contributed by atoms with Crippen molar-refractivity contribution in [2.75, 3.05) is 0 Å². The smallest absolute Gasteiger partial charge is 0.0306 e. The summed E-state index contributed by atoms with van der Waals surface area (Å²) < 4.78 is 1.16. The highest BCUT2D eigenvalue weighted by atomic mass is 79.9. The van der Waals surface area contributed by atoms with Crippen LogP contribution in [0.2, 0.25) is 0 Å². The fourth-order valence-corrected chi connectivity index (χ4v) is 2.82. The average molecular weight is 318 g/mol. The highest BCUT2D eigenvalue weighted by Crippen LogP contribution is 2.23. The van der Waals surface area contributed by atoms with Crippen LogP contribution in [-0.2, 0) is 6.54 Å². The first-order valence-electron chi connectivity index (χ1n) is 6.62. The zero-order valence-electron chi connectivity index (χ0n) is 11.7. The largest absolute Gasteiger partial charge is 0.306 e. The first kappa shape index (κ1) is 14.3. The Morgan fingerprint density at radius 2 is 1.84 bits per heavy atom. The van der Waals surface area contributed by atoms with E-state index in [0.717, 1.165) is 11.0 Å². The minimum Gasteiger partial charge on any atom is -0.306 e. The van der Waals surface area contributed by atoms with E-state index < -0.39 is 0 Å². The van der Waals surface area contributed by atoms with Crippen LogP contribution < -0.4 is 5.32 Å².